The lowest BCUT2D eigenvalue weighted by Gasteiger charge is -2.56. The van der Waals surface area contributed by atoms with Gasteiger partial charge in [-0.1, -0.05) is 81.7 Å². The predicted molar refractivity (Wildman–Crippen MR) is 180 cm³/mol. The van der Waals surface area contributed by atoms with Gasteiger partial charge in [-0.25, -0.2) is 9.59 Å². The quantitative estimate of drug-likeness (QED) is 0.247. The van der Waals surface area contributed by atoms with E-state index >= 15 is 0 Å². The van der Waals surface area contributed by atoms with Gasteiger partial charge in [0.05, 0.1) is 17.7 Å². The molecule has 0 radical (unpaired) electrons. The summed E-state index contributed by atoms with van der Waals surface area (Å²) >= 11 is 0. The minimum atomic E-state index is -0.262. The highest BCUT2D eigenvalue weighted by atomic mass is 16.5. The fraction of sp³-hybridized carbons (Fsp3) is 0.537. The molecule has 0 bridgehead atoms. The van der Waals surface area contributed by atoms with Gasteiger partial charge in [0.15, 0.2) is 5.78 Å². The van der Waals surface area contributed by atoms with Gasteiger partial charge in [0.2, 0.25) is 0 Å². The van der Waals surface area contributed by atoms with Crippen LogP contribution in [0.4, 0.5) is 0 Å². The van der Waals surface area contributed by atoms with Crippen molar-refractivity contribution in [1.29, 1.82) is 0 Å². The molecule has 0 saturated heterocycles. The van der Waals surface area contributed by atoms with E-state index < -0.39 is 0 Å². The fourth-order valence-corrected chi connectivity index (χ4v) is 9.47. The average molecular weight is 623 g/mol. The lowest BCUT2D eigenvalue weighted by atomic mass is 9.49. The summed E-state index contributed by atoms with van der Waals surface area (Å²) in [4.78, 5) is 38.9. The number of carbonyl (C=O) groups excluding carboxylic acids is 3. The second kappa shape index (κ2) is 13.3. The maximum Gasteiger partial charge on any atom is 0.338 e. The zero-order chi connectivity index (χ0) is 32.5. The molecule has 4 aliphatic carbocycles. The van der Waals surface area contributed by atoms with E-state index in [0.717, 1.165) is 69.8 Å². The summed E-state index contributed by atoms with van der Waals surface area (Å²) in [6.07, 6.45) is 12.1. The highest BCUT2D eigenvalue weighted by Gasteiger charge is 2.56. The van der Waals surface area contributed by atoms with Gasteiger partial charge in [-0.05, 0) is 117 Å². The van der Waals surface area contributed by atoms with Crippen LogP contribution in [0.1, 0.15) is 113 Å². The smallest absolute Gasteiger partial charge is 0.338 e. The number of ether oxygens (including phenoxy) is 2. The first-order valence-electron chi connectivity index (χ1n) is 17.6. The lowest BCUT2D eigenvalue weighted by molar-refractivity contribution is -0.112. The summed E-state index contributed by atoms with van der Waals surface area (Å²) < 4.78 is 11.6. The highest BCUT2D eigenvalue weighted by molar-refractivity contribution is 6.10. The predicted octanol–water partition coefficient (Wildman–Crippen LogP) is 9.33. The SMILES string of the molecule is C[C@H](CCC[C@@H](C)C1=CC(=O)C2=C3CC[C@H]4C[C@@H](OC(=O)c5ccccc5)CC[C@]4(C)[C@H]3CC[C@]12C)COC(=O)c1ccccc1. The van der Waals surface area contributed by atoms with Crippen LogP contribution >= 0.6 is 0 Å². The molecule has 2 fully saturated rings. The molecule has 4 aliphatic rings. The molecule has 0 heterocycles. The number of fused-ring (bicyclic) bond motifs is 4. The minimum Gasteiger partial charge on any atom is -0.462 e. The molecule has 244 valence electrons. The molecule has 5 nitrogen and oxygen atoms in total. The van der Waals surface area contributed by atoms with Gasteiger partial charge in [-0.15, -0.1) is 0 Å². The molecular formula is C41H50O5. The van der Waals surface area contributed by atoms with Crippen molar-refractivity contribution < 1.29 is 23.9 Å². The molecule has 0 aliphatic heterocycles. The number of carbonyl (C=O) groups is 3. The number of hydrogen-bond donors (Lipinski definition) is 0. The molecule has 2 aromatic carbocycles. The van der Waals surface area contributed by atoms with E-state index in [1.54, 1.807) is 12.1 Å². The van der Waals surface area contributed by atoms with Crippen molar-refractivity contribution in [3.8, 4) is 0 Å². The summed E-state index contributed by atoms with van der Waals surface area (Å²) in [5, 5.41) is 0. The fourth-order valence-electron chi connectivity index (χ4n) is 9.47. The van der Waals surface area contributed by atoms with Crippen molar-refractivity contribution in [2.75, 3.05) is 6.61 Å². The van der Waals surface area contributed by atoms with Gasteiger partial charge in [-0.2, -0.15) is 0 Å². The van der Waals surface area contributed by atoms with Crippen molar-refractivity contribution in [1.82, 2.24) is 0 Å². The van der Waals surface area contributed by atoms with Crippen LogP contribution < -0.4 is 0 Å². The Labute approximate surface area is 274 Å². The van der Waals surface area contributed by atoms with Gasteiger partial charge in [0, 0.05) is 11.0 Å². The lowest BCUT2D eigenvalue weighted by Crippen LogP contribution is -2.48. The molecule has 0 aromatic heterocycles. The summed E-state index contributed by atoms with van der Waals surface area (Å²) in [5.74, 6) is 1.34. The summed E-state index contributed by atoms with van der Waals surface area (Å²) in [7, 11) is 0. The first kappa shape index (κ1) is 32.5. The normalized spacial score (nSPS) is 30.0. The van der Waals surface area contributed by atoms with E-state index in [0.29, 0.717) is 35.5 Å². The van der Waals surface area contributed by atoms with E-state index in [9.17, 15) is 14.4 Å². The minimum absolute atomic E-state index is 0.0327. The van der Waals surface area contributed by atoms with Crippen molar-refractivity contribution in [2.24, 2.45) is 34.5 Å². The standard InChI is InChI=1S/C41H50O5/c1-27(26-45-38(43)29-14-7-5-8-15-29)12-11-13-28(2)35-25-36(42)37-33-19-18-31-24-32(46-39(44)30-16-9-6-10-17-30)20-22-40(31,3)34(33)21-23-41(35,37)4/h5-10,14-17,25,27-28,31-32,34H,11-13,18-24,26H2,1-4H3/t27-,28-,31+,32+,34+,40+,41-/m1/s1. The van der Waals surface area contributed by atoms with Gasteiger partial charge in [-0.3, -0.25) is 4.79 Å². The average Bonchev–Trinajstić information content (AvgIpc) is 3.34. The van der Waals surface area contributed by atoms with Gasteiger partial charge < -0.3 is 9.47 Å². The molecular weight excluding hydrogens is 572 g/mol. The maximum atomic E-state index is 13.8. The molecule has 5 heteroatoms. The number of benzene rings is 2. The molecule has 7 atom stereocenters. The van der Waals surface area contributed by atoms with Crippen LogP contribution in [-0.2, 0) is 14.3 Å². The molecule has 0 N–H and O–H groups in total. The number of rotatable bonds is 10. The van der Waals surface area contributed by atoms with Crippen LogP contribution in [-0.4, -0.2) is 30.4 Å². The molecule has 0 unspecified atom stereocenters. The molecule has 46 heavy (non-hydrogen) atoms. The van der Waals surface area contributed by atoms with Crippen LogP contribution in [0.5, 0.6) is 0 Å². The Morgan fingerprint density at radius 3 is 2.24 bits per heavy atom. The van der Waals surface area contributed by atoms with Gasteiger partial charge >= 0.3 is 11.9 Å². The number of ketones is 1. The Morgan fingerprint density at radius 1 is 0.870 bits per heavy atom. The third-order valence-corrected chi connectivity index (χ3v) is 12.1. The van der Waals surface area contributed by atoms with Gasteiger partial charge in [0.25, 0.3) is 0 Å². The van der Waals surface area contributed by atoms with Crippen molar-refractivity contribution >= 4 is 17.7 Å². The zero-order valence-electron chi connectivity index (χ0n) is 28.1. The largest absolute Gasteiger partial charge is 0.462 e. The van der Waals surface area contributed by atoms with Crippen molar-refractivity contribution in [2.45, 2.75) is 98.0 Å². The van der Waals surface area contributed by atoms with Crippen LogP contribution in [0, 0.1) is 34.5 Å². The van der Waals surface area contributed by atoms with E-state index in [1.165, 1.54) is 11.1 Å². The first-order valence-corrected chi connectivity index (χ1v) is 17.6. The van der Waals surface area contributed by atoms with Crippen molar-refractivity contribution in [3.05, 3.63) is 94.6 Å². The van der Waals surface area contributed by atoms with Crippen LogP contribution in [0.2, 0.25) is 0 Å². The highest BCUT2D eigenvalue weighted by Crippen LogP contribution is 2.64. The van der Waals surface area contributed by atoms with Crippen LogP contribution in [0.25, 0.3) is 0 Å². The number of esters is 2. The molecule has 2 saturated carbocycles. The third-order valence-electron chi connectivity index (χ3n) is 12.1. The zero-order valence-corrected chi connectivity index (χ0v) is 28.1. The summed E-state index contributed by atoms with van der Waals surface area (Å²) in [6, 6.07) is 18.5. The summed E-state index contributed by atoms with van der Waals surface area (Å²) in [5.41, 5.74) is 5.07. The third kappa shape index (κ3) is 6.27. The van der Waals surface area contributed by atoms with E-state index in [4.69, 9.17) is 9.47 Å². The van der Waals surface area contributed by atoms with Crippen LogP contribution in [0.3, 0.4) is 0 Å². The first-order chi connectivity index (χ1) is 22.1. The second-order valence-electron chi connectivity index (χ2n) is 15.1. The summed E-state index contributed by atoms with van der Waals surface area (Å²) in [6.45, 7) is 9.65. The Bertz CT molecular complexity index is 1510. The molecule has 0 amide bonds. The Kier molecular flexibility index (Phi) is 9.41. The second-order valence-corrected chi connectivity index (χ2v) is 15.1. The maximum absolute atomic E-state index is 13.8. The monoisotopic (exact) mass is 622 g/mol. The van der Waals surface area contributed by atoms with Crippen LogP contribution in [0.15, 0.2) is 83.5 Å². The Hall–Kier alpha value is -3.47. The molecule has 6 rings (SSSR count). The Balaban J connectivity index is 1.05. The van der Waals surface area contributed by atoms with Crippen molar-refractivity contribution in [3.63, 3.8) is 0 Å². The number of allylic oxidation sites excluding steroid dienone is 4. The molecule has 2 aromatic rings. The Morgan fingerprint density at radius 2 is 1.54 bits per heavy atom. The number of hydrogen-bond acceptors (Lipinski definition) is 5. The van der Waals surface area contributed by atoms with E-state index in [1.807, 2.05) is 54.6 Å². The van der Waals surface area contributed by atoms with Gasteiger partial charge in [0.1, 0.15) is 6.10 Å². The molecule has 0 spiro atoms. The topological polar surface area (TPSA) is 69.7 Å². The van der Waals surface area contributed by atoms with E-state index in [-0.39, 0.29) is 40.6 Å². The van der Waals surface area contributed by atoms with E-state index in [2.05, 4.69) is 27.7 Å².